The number of hydrogen-bond donors (Lipinski definition) is 3. The number of aromatic nitrogens is 2. The summed E-state index contributed by atoms with van der Waals surface area (Å²) in [7, 11) is 0. The van der Waals surface area contributed by atoms with Crippen LogP contribution < -0.4 is 5.32 Å². The molecule has 36 heavy (non-hydrogen) atoms. The number of rotatable bonds is 6. The number of amides is 2. The summed E-state index contributed by atoms with van der Waals surface area (Å²) in [5.41, 5.74) is 3.72. The van der Waals surface area contributed by atoms with E-state index in [0.29, 0.717) is 40.4 Å². The van der Waals surface area contributed by atoms with Gasteiger partial charge in [0.2, 0.25) is 0 Å². The minimum atomic E-state index is -0.577. The molecule has 4 aromatic rings. The van der Waals surface area contributed by atoms with E-state index < -0.39 is 17.9 Å². The first-order chi connectivity index (χ1) is 17.5. The zero-order valence-electron chi connectivity index (χ0n) is 19.8. The van der Waals surface area contributed by atoms with Gasteiger partial charge in [-0.05, 0) is 44.1 Å². The molecule has 2 aliphatic heterocycles. The maximum atomic E-state index is 13.1. The Labute approximate surface area is 213 Å². The molecule has 2 aromatic carbocycles. The average molecular weight is 503 g/mol. The second-order valence-corrected chi connectivity index (χ2v) is 10.1. The van der Waals surface area contributed by atoms with Crippen LogP contribution in [-0.4, -0.2) is 57.1 Å². The van der Waals surface area contributed by atoms with Crippen LogP contribution in [0.5, 0.6) is 0 Å². The van der Waals surface area contributed by atoms with Crippen LogP contribution in [0.25, 0.3) is 33.0 Å². The summed E-state index contributed by atoms with van der Waals surface area (Å²) in [6, 6.07) is 13.2. The van der Waals surface area contributed by atoms with E-state index in [0.717, 1.165) is 47.7 Å². The molecule has 4 heterocycles. The van der Waals surface area contributed by atoms with Crippen LogP contribution in [0, 0.1) is 0 Å². The van der Waals surface area contributed by atoms with Gasteiger partial charge in [-0.15, -0.1) is 0 Å². The highest BCUT2D eigenvalue weighted by atomic mass is 35.5. The molecule has 184 valence electrons. The van der Waals surface area contributed by atoms with Gasteiger partial charge in [0, 0.05) is 57.9 Å². The van der Waals surface area contributed by atoms with Crippen LogP contribution in [0.4, 0.5) is 0 Å². The van der Waals surface area contributed by atoms with E-state index in [1.54, 1.807) is 12.3 Å². The Balaban J connectivity index is 1.46. The number of imide groups is 1. The smallest absolute Gasteiger partial charge is 0.259 e. The largest absolute Gasteiger partial charge is 0.390 e. The van der Waals surface area contributed by atoms with Crippen LogP contribution in [0.2, 0.25) is 5.02 Å². The molecule has 1 atom stereocenters. The number of nitrogens with zero attached hydrogens (tertiary/aromatic N) is 2. The van der Waals surface area contributed by atoms with E-state index in [4.69, 9.17) is 11.6 Å². The van der Waals surface area contributed by atoms with Crippen molar-refractivity contribution in [2.24, 2.45) is 0 Å². The van der Waals surface area contributed by atoms with Gasteiger partial charge in [-0.25, -0.2) is 0 Å². The number of halogens is 1. The molecule has 0 spiro atoms. The second-order valence-electron chi connectivity index (χ2n) is 9.65. The number of carbonyl (C=O) groups is 2. The molecular weight excluding hydrogens is 476 g/mol. The Morgan fingerprint density at radius 1 is 0.917 bits per heavy atom. The summed E-state index contributed by atoms with van der Waals surface area (Å²) in [4.78, 5) is 31.7. The maximum absolute atomic E-state index is 13.1. The number of aromatic amines is 1. The Morgan fingerprint density at radius 2 is 1.67 bits per heavy atom. The first-order valence-electron chi connectivity index (χ1n) is 12.4. The van der Waals surface area contributed by atoms with Gasteiger partial charge >= 0.3 is 0 Å². The van der Waals surface area contributed by atoms with Crippen LogP contribution >= 0.6 is 11.6 Å². The van der Waals surface area contributed by atoms with Crippen molar-refractivity contribution in [2.45, 2.75) is 31.9 Å². The zero-order chi connectivity index (χ0) is 24.8. The van der Waals surface area contributed by atoms with Gasteiger partial charge in [0.15, 0.2) is 0 Å². The number of hydrogen-bond acceptors (Lipinski definition) is 4. The summed E-state index contributed by atoms with van der Waals surface area (Å²) < 4.78 is 1.95. The normalized spacial score (nSPS) is 17.9. The van der Waals surface area contributed by atoms with Gasteiger partial charge < -0.3 is 19.6 Å². The Bertz CT molecular complexity index is 1530. The number of likely N-dealkylation sites (tertiary alicyclic amines) is 1. The third-order valence-electron chi connectivity index (χ3n) is 7.23. The molecule has 2 aliphatic rings. The number of fused-ring (bicyclic) bond motifs is 2. The molecule has 1 fully saturated rings. The number of para-hydroxylation sites is 1. The lowest BCUT2D eigenvalue weighted by Gasteiger charge is -2.28. The van der Waals surface area contributed by atoms with Crippen molar-refractivity contribution in [3.63, 3.8) is 0 Å². The molecule has 0 aliphatic carbocycles. The third-order valence-corrected chi connectivity index (χ3v) is 7.46. The standard InChI is InChI=1S/C28H27ClN4O3/c29-17-8-9-20-22(16-33(24(20)12-17)15-18(34)14-32-10-4-1-5-11-32)26-25(27(35)31-28(26)36)21-13-30-23-7-3-2-6-19(21)23/h2-3,6-9,12-13,16,18,30,34H,1,4-5,10-11,14-15H2,(H,31,35,36). The van der Waals surface area contributed by atoms with Gasteiger partial charge in [-0.2, -0.15) is 0 Å². The van der Waals surface area contributed by atoms with Gasteiger partial charge in [0.05, 0.1) is 22.8 Å². The fraction of sp³-hybridized carbons (Fsp3) is 0.286. The number of H-pyrrole nitrogens is 1. The number of β-amino-alcohol motifs (C(OH)–C–C–N with tert-alkyl or cyclic N) is 1. The molecule has 7 nitrogen and oxygen atoms in total. The van der Waals surface area contributed by atoms with E-state index in [1.165, 1.54) is 6.42 Å². The quantitative estimate of drug-likeness (QED) is 0.345. The van der Waals surface area contributed by atoms with E-state index >= 15 is 0 Å². The predicted molar refractivity (Wildman–Crippen MR) is 142 cm³/mol. The Hall–Kier alpha value is -3.39. The number of piperidine rings is 1. The lowest BCUT2D eigenvalue weighted by Crippen LogP contribution is -2.37. The van der Waals surface area contributed by atoms with Gasteiger partial charge in [-0.3, -0.25) is 14.9 Å². The zero-order valence-corrected chi connectivity index (χ0v) is 20.5. The van der Waals surface area contributed by atoms with E-state index in [-0.39, 0.29) is 0 Å². The van der Waals surface area contributed by atoms with Crippen molar-refractivity contribution >= 4 is 56.4 Å². The SMILES string of the molecule is O=C1NC(=O)C(c2cn(CC(O)CN3CCCCC3)c3cc(Cl)ccc23)=C1c1c[nH]c2ccccc12. The molecule has 0 bridgehead atoms. The van der Waals surface area contributed by atoms with Crippen molar-refractivity contribution < 1.29 is 14.7 Å². The lowest BCUT2D eigenvalue weighted by atomic mass is 9.95. The summed E-state index contributed by atoms with van der Waals surface area (Å²) >= 11 is 6.35. The van der Waals surface area contributed by atoms with Crippen molar-refractivity contribution in [1.82, 2.24) is 19.8 Å². The first kappa shape index (κ1) is 23.0. The molecule has 0 saturated carbocycles. The summed E-state index contributed by atoms with van der Waals surface area (Å²) in [5, 5.41) is 15.7. The molecule has 1 unspecified atom stereocenters. The third kappa shape index (κ3) is 4.03. The van der Waals surface area contributed by atoms with Gasteiger partial charge in [0.1, 0.15) is 0 Å². The Morgan fingerprint density at radius 3 is 2.47 bits per heavy atom. The molecule has 6 rings (SSSR count). The highest BCUT2D eigenvalue weighted by molar-refractivity contribution is 6.50. The van der Waals surface area contributed by atoms with Crippen LogP contribution in [-0.2, 0) is 16.1 Å². The van der Waals surface area contributed by atoms with Gasteiger partial charge in [-0.1, -0.05) is 42.3 Å². The molecule has 2 aromatic heterocycles. The molecule has 8 heteroatoms. The molecule has 2 amide bonds. The van der Waals surface area contributed by atoms with Crippen molar-refractivity contribution in [2.75, 3.05) is 19.6 Å². The highest BCUT2D eigenvalue weighted by Crippen LogP contribution is 2.38. The maximum Gasteiger partial charge on any atom is 0.259 e. The van der Waals surface area contributed by atoms with E-state index in [1.807, 2.05) is 47.2 Å². The number of nitrogens with one attached hydrogen (secondary N) is 2. The van der Waals surface area contributed by atoms with Gasteiger partial charge in [0.25, 0.3) is 11.8 Å². The molecular formula is C28H27ClN4O3. The number of aliphatic hydroxyl groups excluding tert-OH is 1. The Kier molecular flexibility index (Phi) is 5.91. The summed E-state index contributed by atoms with van der Waals surface area (Å²) in [5.74, 6) is -0.845. The van der Waals surface area contributed by atoms with Crippen molar-refractivity contribution in [3.8, 4) is 0 Å². The minimum Gasteiger partial charge on any atom is -0.390 e. The average Bonchev–Trinajstić information content (AvgIpc) is 3.52. The number of benzene rings is 2. The van der Waals surface area contributed by atoms with Crippen LogP contribution in [0.3, 0.4) is 0 Å². The molecule has 1 saturated heterocycles. The van der Waals surface area contributed by atoms with Crippen LogP contribution in [0.15, 0.2) is 54.9 Å². The first-order valence-corrected chi connectivity index (χ1v) is 12.7. The second kappa shape index (κ2) is 9.24. The minimum absolute atomic E-state index is 0.335. The highest BCUT2D eigenvalue weighted by Gasteiger charge is 2.35. The summed E-state index contributed by atoms with van der Waals surface area (Å²) in [6.07, 6.45) is 6.62. The monoisotopic (exact) mass is 502 g/mol. The number of carbonyl (C=O) groups excluding carboxylic acids is 2. The van der Waals surface area contributed by atoms with Crippen molar-refractivity contribution in [3.05, 3.63) is 71.0 Å². The molecule has 3 N–H and O–H groups in total. The number of aliphatic hydroxyl groups is 1. The molecule has 0 radical (unpaired) electrons. The predicted octanol–water partition coefficient (Wildman–Crippen LogP) is 4.19. The lowest BCUT2D eigenvalue weighted by molar-refractivity contribution is -0.122. The fourth-order valence-corrected chi connectivity index (χ4v) is 5.75. The van der Waals surface area contributed by atoms with E-state index in [9.17, 15) is 14.7 Å². The summed E-state index contributed by atoms with van der Waals surface area (Å²) in [6.45, 7) is 2.96. The topological polar surface area (TPSA) is 90.4 Å². The van der Waals surface area contributed by atoms with Crippen molar-refractivity contribution in [1.29, 1.82) is 0 Å². The fourth-order valence-electron chi connectivity index (χ4n) is 5.59. The van der Waals surface area contributed by atoms with Crippen LogP contribution in [0.1, 0.15) is 30.4 Å². The van der Waals surface area contributed by atoms with E-state index in [2.05, 4.69) is 15.2 Å².